The Morgan fingerprint density at radius 3 is 2.07 bits per heavy atom. The number of allylic oxidation sites excluding steroid dienone is 1. The summed E-state index contributed by atoms with van der Waals surface area (Å²) in [6.45, 7) is 5.37. The van der Waals surface area contributed by atoms with Gasteiger partial charge in [-0.15, -0.1) is 0 Å². The van der Waals surface area contributed by atoms with Gasteiger partial charge in [-0.05, 0) is 11.1 Å². The third-order valence-corrected chi connectivity index (χ3v) is 5.80. The smallest absolute Gasteiger partial charge is 0.240 e. The summed E-state index contributed by atoms with van der Waals surface area (Å²) in [4.78, 5) is 39.0. The normalized spacial score (nSPS) is 15.7. The molecule has 156 valence electrons. The lowest BCUT2D eigenvalue weighted by Crippen LogP contribution is -2.39. The van der Waals surface area contributed by atoms with E-state index < -0.39 is 5.41 Å². The van der Waals surface area contributed by atoms with Crippen molar-refractivity contribution in [2.24, 2.45) is 5.41 Å². The van der Waals surface area contributed by atoms with Crippen LogP contribution in [0.2, 0.25) is 0 Å². The van der Waals surface area contributed by atoms with Crippen LogP contribution in [0, 0.1) is 5.41 Å². The summed E-state index contributed by atoms with van der Waals surface area (Å²) < 4.78 is 0. The Labute approximate surface area is 181 Å². The number of carbonyl (C=O) groups excluding carboxylic acids is 3. The van der Waals surface area contributed by atoms with Crippen LogP contribution in [0.25, 0.3) is 0 Å². The average Bonchev–Trinajstić information content (AvgIpc) is 3.06. The molecule has 1 N–H and O–H groups in total. The zero-order chi connectivity index (χ0) is 21.7. The fourth-order valence-corrected chi connectivity index (χ4v) is 3.97. The molecular formula is C24H26N2O3S. The third-order valence-electron chi connectivity index (χ3n) is 4.78. The molecule has 0 aliphatic carbocycles. The van der Waals surface area contributed by atoms with Crippen molar-refractivity contribution in [2.75, 3.05) is 12.3 Å². The van der Waals surface area contributed by atoms with Gasteiger partial charge in [-0.25, -0.2) is 0 Å². The van der Waals surface area contributed by atoms with E-state index in [1.54, 1.807) is 0 Å². The van der Waals surface area contributed by atoms with Crippen molar-refractivity contribution < 1.29 is 14.4 Å². The molecule has 2 aromatic carbocycles. The van der Waals surface area contributed by atoms with Crippen LogP contribution in [0.15, 0.2) is 71.8 Å². The van der Waals surface area contributed by atoms with Crippen molar-refractivity contribution in [3.8, 4) is 0 Å². The van der Waals surface area contributed by atoms with E-state index in [1.807, 2.05) is 81.4 Å². The Morgan fingerprint density at radius 1 is 1.03 bits per heavy atom. The molecule has 0 saturated carbocycles. The molecule has 0 unspecified atom stereocenters. The number of benzene rings is 2. The number of thioether (sulfide) groups is 1. The zero-order valence-corrected chi connectivity index (χ0v) is 18.2. The summed E-state index contributed by atoms with van der Waals surface area (Å²) in [5.41, 5.74) is 1.37. The monoisotopic (exact) mass is 422 g/mol. The van der Waals surface area contributed by atoms with Crippen molar-refractivity contribution >= 4 is 29.4 Å². The lowest BCUT2D eigenvalue weighted by molar-refractivity contribution is -0.131. The number of hydrogen-bond donors (Lipinski definition) is 1. The van der Waals surface area contributed by atoms with Gasteiger partial charge in [-0.2, -0.15) is 0 Å². The standard InChI is InChI=1S/C24H26N2O3S/c1-24(2,3)19(27)14-22-26(21(29)16-30-22)15-20(28)25-23(17-10-6-4-7-11-17)18-12-8-5-9-13-18/h4-14,23H,15-16H2,1-3H3,(H,25,28)/b22-14-. The highest BCUT2D eigenvalue weighted by Gasteiger charge is 2.31. The second-order valence-corrected chi connectivity index (χ2v) is 9.18. The van der Waals surface area contributed by atoms with Crippen LogP contribution in [0.1, 0.15) is 37.9 Å². The largest absolute Gasteiger partial charge is 0.344 e. The highest BCUT2D eigenvalue weighted by molar-refractivity contribution is 8.04. The van der Waals surface area contributed by atoms with Crippen LogP contribution < -0.4 is 5.32 Å². The maximum absolute atomic E-state index is 12.9. The van der Waals surface area contributed by atoms with E-state index in [1.165, 1.54) is 22.7 Å². The molecule has 1 aliphatic rings. The topological polar surface area (TPSA) is 66.5 Å². The molecule has 0 bridgehead atoms. The molecule has 1 aliphatic heterocycles. The maximum Gasteiger partial charge on any atom is 0.240 e. The van der Waals surface area contributed by atoms with Crippen molar-refractivity contribution in [1.82, 2.24) is 10.2 Å². The van der Waals surface area contributed by atoms with Crippen LogP contribution in [0.5, 0.6) is 0 Å². The van der Waals surface area contributed by atoms with E-state index in [4.69, 9.17) is 0 Å². The van der Waals surface area contributed by atoms with Gasteiger partial charge in [-0.1, -0.05) is 93.2 Å². The van der Waals surface area contributed by atoms with Gasteiger partial charge >= 0.3 is 0 Å². The Balaban J connectivity index is 1.78. The summed E-state index contributed by atoms with van der Waals surface area (Å²) in [5.74, 6) is -0.287. The average molecular weight is 423 g/mol. The molecule has 1 saturated heterocycles. The summed E-state index contributed by atoms with van der Waals surface area (Å²) in [6.07, 6.45) is 1.48. The Morgan fingerprint density at radius 2 is 1.57 bits per heavy atom. The van der Waals surface area contributed by atoms with Crippen molar-refractivity contribution in [1.29, 1.82) is 0 Å². The van der Waals surface area contributed by atoms with Gasteiger partial charge in [0.15, 0.2) is 5.78 Å². The van der Waals surface area contributed by atoms with Gasteiger partial charge in [0.2, 0.25) is 11.8 Å². The third kappa shape index (κ3) is 5.39. The lowest BCUT2D eigenvalue weighted by Gasteiger charge is -2.23. The van der Waals surface area contributed by atoms with Crippen LogP contribution in [0.4, 0.5) is 0 Å². The molecule has 2 amide bonds. The molecule has 1 fully saturated rings. The fourth-order valence-electron chi connectivity index (χ4n) is 3.03. The lowest BCUT2D eigenvalue weighted by atomic mass is 9.91. The van der Waals surface area contributed by atoms with Crippen LogP contribution in [-0.2, 0) is 14.4 Å². The minimum absolute atomic E-state index is 0.0726. The number of amides is 2. The second kappa shape index (κ2) is 9.30. The Bertz CT molecular complexity index is 910. The first-order valence-corrected chi connectivity index (χ1v) is 10.8. The van der Waals surface area contributed by atoms with E-state index in [0.29, 0.717) is 5.03 Å². The quantitative estimate of drug-likeness (QED) is 0.717. The van der Waals surface area contributed by atoms with E-state index in [0.717, 1.165) is 11.1 Å². The summed E-state index contributed by atoms with van der Waals surface area (Å²) in [7, 11) is 0. The molecule has 5 nitrogen and oxygen atoms in total. The predicted octanol–water partition coefficient (Wildman–Crippen LogP) is 3.92. The first-order valence-electron chi connectivity index (χ1n) is 9.84. The second-order valence-electron chi connectivity index (χ2n) is 8.19. The van der Waals surface area contributed by atoms with E-state index >= 15 is 0 Å². The minimum atomic E-state index is -0.543. The first kappa shape index (κ1) is 21.8. The molecule has 0 atom stereocenters. The minimum Gasteiger partial charge on any atom is -0.344 e. The molecule has 30 heavy (non-hydrogen) atoms. The summed E-state index contributed by atoms with van der Waals surface area (Å²) >= 11 is 1.29. The van der Waals surface area contributed by atoms with Gasteiger partial charge in [0.25, 0.3) is 0 Å². The molecule has 6 heteroatoms. The van der Waals surface area contributed by atoms with Gasteiger partial charge in [-0.3, -0.25) is 19.3 Å². The maximum atomic E-state index is 12.9. The van der Waals surface area contributed by atoms with Gasteiger partial charge in [0, 0.05) is 11.5 Å². The highest BCUT2D eigenvalue weighted by Crippen LogP contribution is 2.30. The molecule has 3 rings (SSSR count). The molecule has 1 heterocycles. The number of hydrogen-bond acceptors (Lipinski definition) is 4. The van der Waals surface area contributed by atoms with E-state index in [2.05, 4.69) is 5.32 Å². The zero-order valence-electron chi connectivity index (χ0n) is 17.4. The number of nitrogens with zero attached hydrogens (tertiary/aromatic N) is 1. The Hall–Kier alpha value is -2.86. The van der Waals surface area contributed by atoms with Crippen molar-refractivity contribution in [3.63, 3.8) is 0 Å². The fraction of sp³-hybridized carbons (Fsp3) is 0.292. The molecule has 0 aromatic heterocycles. The molecular weight excluding hydrogens is 396 g/mol. The van der Waals surface area contributed by atoms with E-state index in [9.17, 15) is 14.4 Å². The van der Waals surface area contributed by atoms with Crippen molar-refractivity contribution in [2.45, 2.75) is 26.8 Å². The molecule has 0 radical (unpaired) electrons. The van der Waals surface area contributed by atoms with Crippen molar-refractivity contribution in [3.05, 3.63) is 82.9 Å². The first-order chi connectivity index (χ1) is 14.3. The van der Waals surface area contributed by atoms with Gasteiger partial charge in [0.05, 0.1) is 16.8 Å². The number of carbonyl (C=O) groups is 3. The molecule has 0 spiro atoms. The van der Waals surface area contributed by atoms with Crippen LogP contribution in [-0.4, -0.2) is 34.8 Å². The van der Waals surface area contributed by atoms with Gasteiger partial charge < -0.3 is 5.32 Å². The number of nitrogens with one attached hydrogen (secondary N) is 1. The highest BCUT2D eigenvalue weighted by atomic mass is 32.2. The number of ketones is 1. The van der Waals surface area contributed by atoms with Crippen LogP contribution >= 0.6 is 11.8 Å². The summed E-state index contributed by atoms with van der Waals surface area (Å²) in [6, 6.07) is 19.1. The Kier molecular flexibility index (Phi) is 6.77. The summed E-state index contributed by atoms with van der Waals surface area (Å²) in [5, 5.41) is 3.58. The van der Waals surface area contributed by atoms with E-state index in [-0.39, 0.29) is 35.9 Å². The SMILES string of the molecule is CC(C)(C)C(=O)/C=C1\SCC(=O)N1CC(=O)NC(c1ccccc1)c1ccccc1. The van der Waals surface area contributed by atoms with Crippen LogP contribution in [0.3, 0.4) is 0 Å². The number of rotatable bonds is 6. The van der Waals surface area contributed by atoms with Gasteiger partial charge in [0.1, 0.15) is 6.54 Å². The predicted molar refractivity (Wildman–Crippen MR) is 120 cm³/mol. The molecule has 2 aromatic rings.